The smallest absolute Gasteiger partial charge is 0.312 e. The van der Waals surface area contributed by atoms with Crippen molar-refractivity contribution in [2.45, 2.75) is 35.1 Å². The summed E-state index contributed by atoms with van der Waals surface area (Å²) in [5, 5.41) is 1.59. The second-order valence-corrected chi connectivity index (χ2v) is 10.5. The summed E-state index contributed by atoms with van der Waals surface area (Å²) in [5.74, 6) is -0.907. The zero-order valence-corrected chi connectivity index (χ0v) is 18.6. The number of alkyl halides is 6. The van der Waals surface area contributed by atoms with Gasteiger partial charge < -0.3 is 5.32 Å². The largest absolute Gasteiger partial charge is 0.417 e. The molecule has 2 aromatic carbocycles. The molecule has 1 atom stereocenters. The topological polar surface area (TPSA) is 66.9 Å². The Balaban J connectivity index is 0.000000364. The SMILES string of the molecule is CNCC(F)(F)F.O=c1[nH]c(=O)n2c3c4c(c(C(F)(F)F)cc13)-c1ccc(F)cc1S4(F)CCC2. The molecule has 2 aliphatic rings. The van der Waals surface area contributed by atoms with Crippen molar-refractivity contribution in [1.29, 1.82) is 0 Å². The van der Waals surface area contributed by atoms with Gasteiger partial charge in [-0.3, -0.25) is 14.3 Å². The number of aryl methyl sites for hydroxylation is 1. The molecule has 2 N–H and O–H groups in total. The number of rotatable bonds is 1. The van der Waals surface area contributed by atoms with E-state index >= 15 is 3.89 Å². The van der Waals surface area contributed by atoms with Gasteiger partial charge in [0.15, 0.2) is 0 Å². The molecule has 1 aromatic heterocycles. The number of H-pyrrole nitrogens is 1. The molecule has 0 saturated carbocycles. The first-order valence-electron chi connectivity index (χ1n) is 10.1. The predicted molar refractivity (Wildman–Crippen MR) is 114 cm³/mol. The number of benzene rings is 2. The van der Waals surface area contributed by atoms with E-state index in [2.05, 4.69) is 0 Å². The fraction of sp³-hybridized carbons (Fsp3) is 0.333. The van der Waals surface area contributed by atoms with E-state index in [-0.39, 0.29) is 39.6 Å². The summed E-state index contributed by atoms with van der Waals surface area (Å²) in [6.07, 6.45) is -8.76. The fourth-order valence-electron chi connectivity index (χ4n) is 4.36. The average molecular weight is 527 g/mol. The predicted octanol–water partition coefficient (Wildman–Crippen LogP) is 5.11. The van der Waals surface area contributed by atoms with Gasteiger partial charge in [0.2, 0.25) is 0 Å². The van der Waals surface area contributed by atoms with Crippen LogP contribution in [-0.2, 0) is 12.7 Å². The van der Waals surface area contributed by atoms with E-state index in [1.807, 2.05) is 10.3 Å². The number of nitrogens with one attached hydrogen (secondary N) is 2. The molecule has 35 heavy (non-hydrogen) atoms. The molecule has 3 aromatic rings. The van der Waals surface area contributed by atoms with Gasteiger partial charge in [-0.25, -0.2) is 9.18 Å². The van der Waals surface area contributed by atoms with Gasteiger partial charge in [-0.2, -0.15) is 30.2 Å². The van der Waals surface area contributed by atoms with Crippen LogP contribution in [0.5, 0.6) is 0 Å². The third-order valence-corrected chi connectivity index (χ3v) is 8.54. The highest BCUT2D eigenvalue weighted by molar-refractivity contribution is 8.30. The maximum absolute atomic E-state index is 16.4. The van der Waals surface area contributed by atoms with Crippen molar-refractivity contribution in [1.82, 2.24) is 14.9 Å². The Morgan fingerprint density at radius 2 is 1.80 bits per heavy atom. The summed E-state index contributed by atoms with van der Waals surface area (Å²) >= 11 is 0. The Hall–Kier alpha value is -2.87. The first kappa shape index (κ1) is 25.2. The molecule has 14 heteroatoms. The number of aromatic amines is 1. The molecule has 5 rings (SSSR count). The summed E-state index contributed by atoms with van der Waals surface area (Å²) in [7, 11) is -2.28. The highest BCUT2D eigenvalue weighted by Crippen LogP contribution is 2.75. The van der Waals surface area contributed by atoms with Crippen molar-refractivity contribution >= 4 is 21.3 Å². The molecular weight excluding hydrogens is 510 g/mol. The molecule has 0 saturated heterocycles. The van der Waals surface area contributed by atoms with Gasteiger partial charge in [0.25, 0.3) is 5.56 Å². The zero-order valence-electron chi connectivity index (χ0n) is 17.8. The van der Waals surface area contributed by atoms with Gasteiger partial charge in [0, 0.05) is 22.8 Å². The molecule has 5 nitrogen and oxygen atoms in total. The van der Waals surface area contributed by atoms with Gasteiger partial charge >= 0.3 is 18.0 Å². The van der Waals surface area contributed by atoms with Crippen molar-refractivity contribution in [3.8, 4) is 11.1 Å². The van der Waals surface area contributed by atoms with Gasteiger partial charge in [-0.1, -0.05) is 6.07 Å². The normalized spacial score (nSPS) is 20.5. The van der Waals surface area contributed by atoms with Gasteiger partial charge in [0.1, 0.15) is 5.82 Å². The van der Waals surface area contributed by atoms with E-state index in [1.165, 1.54) is 7.05 Å². The Morgan fingerprint density at radius 1 is 1.11 bits per heavy atom. The van der Waals surface area contributed by atoms with E-state index in [4.69, 9.17) is 0 Å². The second-order valence-electron chi connectivity index (χ2n) is 7.93. The molecule has 0 fully saturated rings. The lowest BCUT2D eigenvalue weighted by atomic mass is 9.97. The van der Waals surface area contributed by atoms with Crippen LogP contribution in [0.4, 0.5) is 34.6 Å². The standard InChI is InChI=1S/C18H11F5N2O2S.C3H6F3N/c19-8-2-3-9-12(6-8)28(23)5-1-4-25-14-10(16(26)24-17(25)27)7-11(18(20,21)22)13(9)15(14)28;1-7-2-3(4,5)6/h2-3,6-7H,1,4-5H2,(H,24,26,27);7H,2H2,1H3. The lowest BCUT2D eigenvalue weighted by Gasteiger charge is -2.27. The minimum Gasteiger partial charge on any atom is -0.312 e. The first-order chi connectivity index (χ1) is 16.2. The number of hydrogen-bond acceptors (Lipinski definition) is 3. The maximum Gasteiger partial charge on any atom is 0.417 e. The van der Waals surface area contributed by atoms with Gasteiger partial charge in [-0.05, 0) is 47.6 Å². The molecule has 1 unspecified atom stereocenters. The molecule has 0 spiro atoms. The van der Waals surface area contributed by atoms with Gasteiger partial charge in [0.05, 0.1) is 27.9 Å². The van der Waals surface area contributed by atoms with E-state index < -0.39 is 62.9 Å². The van der Waals surface area contributed by atoms with Crippen molar-refractivity contribution in [3.05, 3.63) is 56.5 Å². The zero-order chi connectivity index (χ0) is 25.9. The molecule has 0 aliphatic carbocycles. The van der Waals surface area contributed by atoms with Crippen molar-refractivity contribution in [3.63, 3.8) is 0 Å². The minimum absolute atomic E-state index is 0.0377. The lowest BCUT2D eigenvalue weighted by molar-refractivity contribution is -0.137. The van der Waals surface area contributed by atoms with Gasteiger partial charge in [-0.15, -0.1) is 0 Å². The monoisotopic (exact) mass is 527 g/mol. The van der Waals surface area contributed by atoms with Crippen LogP contribution < -0.4 is 16.6 Å². The highest BCUT2D eigenvalue weighted by atomic mass is 32.3. The Kier molecular flexibility index (Phi) is 6.03. The summed E-state index contributed by atoms with van der Waals surface area (Å²) in [6.45, 7) is -0.861. The molecule has 190 valence electrons. The van der Waals surface area contributed by atoms with Crippen LogP contribution >= 0.6 is 10.4 Å². The lowest BCUT2D eigenvalue weighted by Crippen LogP contribution is -2.30. The average Bonchev–Trinajstić information content (AvgIpc) is 2.86. The molecular formula is C21H17F8N3O2S. The third-order valence-electron chi connectivity index (χ3n) is 5.61. The summed E-state index contributed by atoms with van der Waals surface area (Å²) < 4.78 is 106. The molecule has 2 aliphatic heterocycles. The van der Waals surface area contributed by atoms with Crippen LogP contribution in [0.25, 0.3) is 22.0 Å². The van der Waals surface area contributed by atoms with E-state index in [0.717, 1.165) is 22.8 Å². The van der Waals surface area contributed by atoms with Crippen molar-refractivity contribution in [2.75, 3.05) is 19.3 Å². The van der Waals surface area contributed by atoms with Crippen LogP contribution in [0.1, 0.15) is 12.0 Å². The van der Waals surface area contributed by atoms with Crippen LogP contribution in [0.2, 0.25) is 0 Å². The van der Waals surface area contributed by atoms with Crippen molar-refractivity contribution < 1.29 is 34.6 Å². The fourth-order valence-corrected chi connectivity index (χ4v) is 7.42. The molecule has 0 amide bonds. The number of hydrogen-bond donors (Lipinski definition) is 2. The van der Waals surface area contributed by atoms with E-state index in [9.17, 15) is 40.3 Å². The summed E-state index contributed by atoms with van der Waals surface area (Å²) in [5.41, 5.74) is -3.52. The quantitative estimate of drug-likeness (QED) is 0.433. The van der Waals surface area contributed by atoms with E-state index in [0.29, 0.717) is 6.07 Å². The summed E-state index contributed by atoms with van der Waals surface area (Å²) in [4.78, 5) is 26.2. The number of nitrogens with zero attached hydrogens (tertiary/aromatic N) is 1. The van der Waals surface area contributed by atoms with Crippen LogP contribution in [-0.4, -0.2) is 35.1 Å². The van der Waals surface area contributed by atoms with Crippen LogP contribution in [0.15, 0.2) is 43.6 Å². The number of fused-ring (bicyclic) bond motifs is 3. The third kappa shape index (κ3) is 4.22. The molecule has 0 radical (unpaired) electrons. The molecule has 3 heterocycles. The minimum atomic E-state index is -4.87. The second kappa shape index (κ2) is 8.36. The maximum atomic E-state index is 16.4. The van der Waals surface area contributed by atoms with E-state index in [1.54, 1.807) is 0 Å². The number of halogens is 8. The van der Waals surface area contributed by atoms with Crippen LogP contribution in [0, 0.1) is 5.82 Å². The highest BCUT2D eigenvalue weighted by Gasteiger charge is 2.48. The first-order valence-corrected chi connectivity index (χ1v) is 11.8. The van der Waals surface area contributed by atoms with Crippen LogP contribution in [0.3, 0.4) is 0 Å². The molecule has 0 bridgehead atoms. The Labute approximate surface area is 193 Å². The Bertz CT molecular complexity index is 1440. The summed E-state index contributed by atoms with van der Waals surface area (Å²) in [6, 6.07) is 3.70. The number of aromatic nitrogens is 2. The Morgan fingerprint density at radius 3 is 2.37 bits per heavy atom. The van der Waals surface area contributed by atoms with Crippen molar-refractivity contribution in [2.24, 2.45) is 0 Å².